The van der Waals surface area contributed by atoms with Crippen molar-refractivity contribution in [3.8, 4) is 5.75 Å². The zero-order valence-electron chi connectivity index (χ0n) is 11.0. The van der Waals surface area contributed by atoms with Crippen molar-refractivity contribution in [1.82, 2.24) is 4.90 Å². The molecule has 1 aromatic carbocycles. The zero-order valence-corrected chi connectivity index (χ0v) is 11.0. The number of aliphatic hydroxyl groups is 1. The molecule has 1 amide bonds. The number of aliphatic hydroxyl groups excluding tert-OH is 1. The second kappa shape index (κ2) is 7.71. The van der Waals surface area contributed by atoms with E-state index in [1.165, 1.54) is 0 Å². The Morgan fingerprint density at radius 3 is 2.61 bits per heavy atom. The predicted molar refractivity (Wildman–Crippen MR) is 70.5 cm³/mol. The molecule has 100 valence electrons. The molecule has 0 aliphatic rings. The minimum atomic E-state index is -0.508. The lowest BCUT2D eigenvalue weighted by molar-refractivity contribution is -0.137. The Hall–Kier alpha value is -1.55. The number of ether oxygens (including phenoxy) is 1. The molecule has 0 bridgehead atoms. The maximum Gasteiger partial charge on any atom is 0.263 e. The first-order chi connectivity index (χ1) is 8.69. The van der Waals surface area contributed by atoms with Crippen LogP contribution in [0.15, 0.2) is 30.3 Å². The summed E-state index contributed by atoms with van der Waals surface area (Å²) in [5.74, 6) is 0.645. The van der Waals surface area contributed by atoms with Gasteiger partial charge in [-0.1, -0.05) is 18.2 Å². The van der Waals surface area contributed by atoms with Gasteiger partial charge in [-0.05, 0) is 32.4 Å². The first kappa shape index (κ1) is 14.5. The molecule has 1 rings (SSSR count). The van der Waals surface area contributed by atoms with E-state index >= 15 is 0 Å². The average Bonchev–Trinajstić information content (AvgIpc) is 2.40. The van der Waals surface area contributed by atoms with E-state index in [1.807, 2.05) is 37.3 Å². The quantitative estimate of drug-likeness (QED) is 0.802. The Morgan fingerprint density at radius 2 is 2.06 bits per heavy atom. The van der Waals surface area contributed by atoms with Gasteiger partial charge in [0.15, 0.2) is 6.10 Å². The summed E-state index contributed by atoms with van der Waals surface area (Å²) in [5, 5.41) is 8.80. The summed E-state index contributed by atoms with van der Waals surface area (Å²) >= 11 is 0. The van der Waals surface area contributed by atoms with Gasteiger partial charge >= 0.3 is 0 Å². The van der Waals surface area contributed by atoms with Crippen LogP contribution in [0.3, 0.4) is 0 Å². The molecule has 1 unspecified atom stereocenters. The van der Waals surface area contributed by atoms with Crippen molar-refractivity contribution >= 4 is 5.91 Å². The van der Waals surface area contributed by atoms with Crippen LogP contribution in [-0.4, -0.2) is 41.7 Å². The molecular formula is C14H21NO3. The van der Waals surface area contributed by atoms with Gasteiger partial charge in [-0.3, -0.25) is 4.79 Å². The number of rotatable bonds is 7. The summed E-state index contributed by atoms with van der Waals surface area (Å²) in [5.41, 5.74) is 0. The normalized spacial score (nSPS) is 11.9. The molecule has 0 saturated heterocycles. The highest BCUT2D eigenvalue weighted by atomic mass is 16.5. The van der Waals surface area contributed by atoms with E-state index in [0.29, 0.717) is 25.3 Å². The van der Waals surface area contributed by atoms with Crippen LogP contribution in [0.4, 0.5) is 0 Å². The van der Waals surface area contributed by atoms with Gasteiger partial charge in [0.1, 0.15) is 5.75 Å². The number of carbonyl (C=O) groups is 1. The van der Waals surface area contributed by atoms with E-state index in [1.54, 1.807) is 11.8 Å². The van der Waals surface area contributed by atoms with Crippen molar-refractivity contribution in [2.75, 3.05) is 19.7 Å². The molecule has 4 heteroatoms. The number of para-hydroxylation sites is 1. The molecule has 0 aliphatic heterocycles. The average molecular weight is 251 g/mol. The number of hydrogen-bond donors (Lipinski definition) is 1. The monoisotopic (exact) mass is 251 g/mol. The molecule has 0 saturated carbocycles. The van der Waals surface area contributed by atoms with Crippen molar-refractivity contribution in [2.24, 2.45) is 0 Å². The Morgan fingerprint density at radius 1 is 1.39 bits per heavy atom. The first-order valence-corrected chi connectivity index (χ1v) is 6.30. The van der Waals surface area contributed by atoms with E-state index in [4.69, 9.17) is 9.84 Å². The molecule has 0 aromatic heterocycles. The SMILES string of the molecule is CCN(CCCO)C(=O)C(C)Oc1ccccc1. The number of hydrogen-bond acceptors (Lipinski definition) is 3. The Bertz CT molecular complexity index is 353. The van der Waals surface area contributed by atoms with Gasteiger partial charge in [-0.25, -0.2) is 0 Å². The minimum Gasteiger partial charge on any atom is -0.481 e. The number of carbonyl (C=O) groups excluding carboxylic acids is 1. The maximum absolute atomic E-state index is 12.1. The van der Waals surface area contributed by atoms with E-state index in [-0.39, 0.29) is 12.5 Å². The summed E-state index contributed by atoms with van der Waals surface area (Å²) in [4.78, 5) is 13.8. The largest absolute Gasteiger partial charge is 0.481 e. The van der Waals surface area contributed by atoms with Crippen molar-refractivity contribution in [2.45, 2.75) is 26.4 Å². The van der Waals surface area contributed by atoms with Gasteiger partial charge in [0, 0.05) is 19.7 Å². The van der Waals surface area contributed by atoms with E-state index < -0.39 is 6.10 Å². The third-order valence-electron chi connectivity index (χ3n) is 2.68. The van der Waals surface area contributed by atoms with Gasteiger partial charge in [-0.2, -0.15) is 0 Å². The molecule has 0 radical (unpaired) electrons. The fraction of sp³-hybridized carbons (Fsp3) is 0.500. The van der Waals surface area contributed by atoms with E-state index in [0.717, 1.165) is 0 Å². The standard InChI is InChI=1S/C14H21NO3/c1-3-15(10-7-11-16)14(17)12(2)18-13-8-5-4-6-9-13/h4-6,8-9,12,16H,3,7,10-11H2,1-2H3. The van der Waals surface area contributed by atoms with Crippen molar-refractivity contribution in [1.29, 1.82) is 0 Å². The smallest absolute Gasteiger partial charge is 0.263 e. The number of likely N-dealkylation sites (N-methyl/N-ethyl adjacent to an activating group) is 1. The fourth-order valence-corrected chi connectivity index (χ4v) is 1.70. The second-order valence-electron chi connectivity index (χ2n) is 4.07. The first-order valence-electron chi connectivity index (χ1n) is 6.30. The van der Waals surface area contributed by atoms with Crippen LogP contribution >= 0.6 is 0 Å². The van der Waals surface area contributed by atoms with E-state index in [9.17, 15) is 4.79 Å². The summed E-state index contributed by atoms with van der Waals surface area (Å²) < 4.78 is 5.59. The number of benzene rings is 1. The van der Waals surface area contributed by atoms with Crippen LogP contribution < -0.4 is 4.74 Å². The van der Waals surface area contributed by atoms with Crippen LogP contribution in [0.5, 0.6) is 5.75 Å². The third kappa shape index (κ3) is 4.37. The van der Waals surface area contributed by atoms with Crippen molar-refractivity contribution in [3.63, 3.8) is 0 Å². The molecule has 0 spiro atoms. The van der Waals surface area contributed by atoms with Crippen molar-refractivity contribution < 1.29 is 14.6 Å². The fourth-order valence-electron chi connectivity index (χ4n) is 1.70. The molecule has 0 fully saturated rings. The van der Waals surface area contributed by atoms with Crippen molar-refractivity contribution in [3.05, 3.63) is 30.3 Å². The molecular weight excluding hydrogens is 230 g/mol. The van der Waals surface area contributed by atoms with Gasteiger partial charge in [0.2, 0.25) is 0 Å². The Kier molecular flexibility index (Phi) is 6.22. The van der Waals surface area contributed by atoms with Crippen LogP contribution in [0.2, 0.25) is 0 Å². The highest BCUT2D eigenvalue weighted by Crippen LogP contribution is 2.12. The molecule has 1 aromatic rings. The summed E-state index contributed by atoms with van der Waals surface area (Å²) in [6, 6.07) is 9.30. The van der Waals surface area contributed by atoms with Gasteiger partial charge in [0.05, 0.1) is 0 Å². The van der Waals surface area contributed by atoms with Crippen LogP contribution in [0.1, 0.15) is 20.3 Å². The molecule has 1 atom stereocenters. The van der Waals surface area contributed by atoms with E-state index in [2.05, 4.69) is 0 Å². The lowest BCUT2D eigenvalue weighted by atomic mass is 10.3. The topological polar surface area (TPSA) is 49.8 Å². The summed E-state index contributed by atoms with van der Waals surface area (Å²) in [6.45, 7) is 4.95. The van der Waals surface area contributed by atoms with Gasteiger partial charge in [-0.15, -0.1) is 0 Å². The molecule has 1 N–H and O–H groups in total. The van der Waals surface area contributed by atoms with Gasteiger partial charge in [0.25, 0.3) is 5.91 Å². The predicted octanol–water partition coefficient (Wildman–Crippen LogP) is 1.68. The second-order valence-corrected chi connectivity index (χ2v) is 4.07. The molecule has 18 heavy (non-hydrogen) atoms. The van der Waals surface area contributed by atoms with Crippen LogP contribution in [0.25, 0.3) is 0 Å². The van der Waals surface area contributed by atoms with Crippen LogP contribution in [-0.2, 0) is 4.79 Å². The Balaban J connectivity index is 2.54. The summed E-state index contributed by atoms with van der Waals surface area (Å²) in [7, 11) is 0. The highest BCUT2D eigenvalue weighted by molar-refractivity contribution is 5.80. The lowest BCUT2D eigenvalue weighted by Crippen LogP contribution is -2.41. The molecule has 4 nitrogen and oxygen atoms in total. The molecule has 0 heterocycles. The zero-order chi connectivity index (χ0) is 13.4. The Labute approximate surface area is 108 Å². The number of nitrogens with zero attached hydrogens (tertiary/aromatic N) is 1. The summed E-state index contributed by atoms with van der Waals surface area (Å²) in [6.07, 6.45) is 0.0866. The lowest BCUT2D eigenvalue weighted by Gasteiger charge is -2.24. The molecule has 0 aliphatic carbocycles. The van der Waals surface area contributed by atoms with Gasteiger partial charge < -0.3 is 14.7 Å². The minimum absolute atomic E-state index is 0.0465. The van der Waals surface area contributed by atoms with Crippen LogP contribution in [0, 0.1) is 0 Å². The third-order valence-corrected chi connectivity index (χ3v) is 2.68. The number of amides is 1. The maximum atomic E-state index is 12.1. The highest BCUT2D eigenvalue weighted by Gasteiger charge is 2.20.